The molecule has 50 heteroatoms. The third-order valence-electron chi connectivity index (χ3n) is 18.0. The molecule has 2 saturated carbocycles. The van der Waals surface area contributed by atoms with Gasteiger partial charge in [0, 0.05) is 111 Å². The zero-order chi connectivity index (χ0) is 106. The van der Waals surface area contributed by atoms with E-state index in [1.165, 1.54) is 156 Å². The topological polar surface area (TPSA) is 422 Å². The van der Waals surface area contributed by atoms with Crippen molar-refractivity contribution < 1.29 is 103 Å². The minimum absolute atomic E-state index is 0. The Bertz CT molecular complexity index is 7020. The molecule has 26 nitrogen and oxygen atoms in total. The number of nitrogens with zero attached hydrogens (tertiary/aromatic N) is 4. The van der Waals surface area contributed by atoms with Crippen molar-refractivity contribution in [2.24, 2.45) is 10.2 Å². The van der Waals surface area contributed by atoms with Crippen LogP contribution in [0.2, 0.25) is 0 Å². The van der Waals surface area contributed by atoms with Crippen LogP contribution in [-0.4, -0.2) is 109 Å². The van der Waals surface area contributed by atoms with Crippen molar-refractivity contribution in [3.8, 4) is 59.7 Å². The van der Waals surface area contributed by atoms with E-state index in [9.17, 15) is 40.1 Å². The summed E-state index contributed by atoms with van der Waals surface area (Å²) in [7, 11) is -15.6. The van der Waals surface area contributed by atoms with Gasteiger partial charge in [0.05, 0.1) is 52.5 Å². The fourth-order valence-electron chi connectivity index (χ4n) is 11.7. The van der Waals surface area contributed by atoms with Gasteiger partial charge in [0.1, 0.15) is 0 Å². The van der Waals surface area contributed by atoms with E-state index >= 15 is 0 Å². The summed E-state index contributed by atoms with van der Waals surface area (Å²) in [4.78, 5) is 32.3. The van der Waals surface area contributed by atoms with Crippen molar-refractivity contribution in [1.29, 1.82) is 5.26 Å². The van der Waals surface area contributed by atoms with Crippen LogP contribution in [-0.2, 0) is 188 Å². The van der Waals surface area contributed by atoms with E-state index in [1.807, 2.05) is 240 Å². The predicted molar refractivity (Wildman–Crippen MR) is 603 cm³/mol. The van der Waals surface area contributed by atoms with Crippen LogP contribution in [0.4, 0.5) is 0 Å². The molecule has 14 rings (SSSR count). The Morgan fingerprint density at radius 1 is 0.403 bits per heavy atom. The summed E-state index contributed by atoms with van der Waals surface area (Å²) in [5.74, 6) is 6.22. The van der Waals surface area contributed by atoms with Crippen molar-refractivity contribution in [2.45, 2.75) is 130 Å². The minimum atomic E-state index is -4.29. The van der Waals surface area contributed by atoms with E-state index < -0.39 is 73.4 Å². The zero-order valence-corrected chi connectivity index (χ0v) is 95.2. The molecule has 0 unspecified atom stereocenters. The van der Waals surface area contributed by atoms with Crippen molar-refractivity contribution in [2.75, 3.05) is 0 Å². The average molecular weight is 2420 g/mol. The van der Waals surface area contributed by atoms with Gasteiger partial charge in [0.15, 0.2) is 5.54 Å². The first kappa shape index (κ1) is 129. The molecule has 0 spiro atoms. The van der Waals surface area contributed by atoms with Gasteiger partial charge in [0.2, 0.25) is 8.77 Å². The maximum Gasteiger partial charge on any atom is 0.425 e. The number of nitriles is 1. The summed E-state index contributed by atoms with van der Waals surface area (Å²) in [6, 6.07) is 88.0. The van der Waals surface area contributed by atoms with Crippen LogP contribution in [0.5, 0.6) is 0 Å². The second-order valence-electron chi connectivity index (χ2n) is 28.7. The second-order valence-corrected chi connectivity index (χ2v) is 48.9. The molecule has 2 fully saturated rings. The molecule has 3 N–H and O–H groups in total. The van der Waals surface area contributed by atoms with Crippen molar-refractivity contribution >= 4 is 281 Å². The van der Waals surface area contributed by atoms with Crippen molar-refractivity contribution in [3.05, 3.63) is 348 Å². The van der Waals surface area contributed by atoms with Crippen molar-refractivity contribution in [3.63, 3.8) is 0 Å². The minimum Gasteiger partial charge on any atom is -0.781 e. The summed E-state index contributed by atoms with van der Waals surface area (Å²) in [5.41, 5.74) is 7.69. The van der Waals surface area contributed by atoms with E-state index in [4.69, 9.17) is 143 Å². The Labute approximate surface area is 926 Å². The van der Waals surface area contributed by atoms with Crippen LogP contribution in [0, 0.1) is 29.7 Å². The maximum atomic E-state index is 11.8. The Morgan fingerprint density at radius 2 is 0.639 bits per heavy atom. The number of ether oxygens (including phenoxy) is 2. The largest absolute Gasteiger partial charge is 0.781 e. The van der Waals surface area contributed by atoms with Crippen molar-refractivity contribution in [1.82, 2.24) is 0 Å². The smallest absolute Gasteiger partial charge is 0.425 e. The first-order chi connectivity index (χ1) is 67.8. The summed E-state index contributed by atoms with van der Waals surface area (Å²) >= 11 is 45.0. The number of azo groups is 1. The van der Waals surface area contributed by atoms with Gasteiger partial charge in [-0.15, -0.1) is 43.0 Å². The molecule has 0 amide bonds. The van der Waals surface area contributed by atoms with Crippen LogP contribution >= 0.6 is 91.4 Å². The molecule has 0 atom stereocenters. The van der Waals surface area contributed by atoms with E-state index in [0.29, 0.717) is 19.9 Å². The summed E-state index contributed by atoms with van der Waals surface area (Å²) < 4.78 is 181. The second kappa shape index (κ2) is 69.3. The van der Waals surface area contributed by atoms with Gasteiger partial charge in [-0.05, 0) is 196 Å². The SMILES string of the molecule is C(#Cc1ccccc1)c1ccccc1.CC(C)OC(=S)SSC(=S)OC(C)C.O=S(=O)(O)c1ccc(C([S-])=C([S-])c2ccc(S(=O)(=O)O)cc2)cc1.O=S(=O)=O.O=S(=O)=O.O=S(=O)=O.O=c1sc(-c2ccccc2)c(-c2ccc(S(=O)(=O)O)cc2)s1.O=c1sc(-c2ccccc2)c(-c2ccccc2)s1.S=S=S=S=S.[C-]#[N+]C1(N=NC2(C#N)CCCCC2)CCCCC1.[Ni].[S-]C(=C([S-])c1ccccc1)c1ccccc1. The zero-order valence-electron chi connectivity index (χ0n) is 75.5. The van der Waals surface area contributed by atoms with Crippen LogP contribution in [0.3, 0.4) is 0 Å². The van der Waals surface area contributed by atoms with Gasteiger partial charge >= 0.3 is 37.5 Å². The number of benzene rings is 10. The molecule has 0 aliphatic heterocycles. The van der Waals surface area contributed by atoms with E-state index in [0.717, 1.165) is 137 Å². The molecule has 10 aromatic carbocycles. The molecular weight excluding hydrogens is 2330 g/mol. The fourth-order valence-corrected chi connectivity index (χ4v) is 23.5. The Hall–Kier alpha value is -8.94. The van der Waals surface area contributed by atoms with Crippen LogP contribution in [0.25, 0.3) is 66.2 Å². The maximum absolute atomic E-state index is 11.8. The monoisotopic (exact) mass is 2410 g/mol. The van der Waals surface area contributed by atoms with Crippen LogP contribution in [0.1, 0.15) is 125 Å². The third-order valence-corrected chi connectivity index (χ3v) is 34.6. The molecule has 764 valence electrons. The molecule has 2 aliphatic carbocycles. The molecule has 2 heterocycles. The average Bonchev–Trinajstić information content (AvgIpc) is 1.65. The van der Waals surface area contributed by atoms with Gasteiger partial charge in [-0.2, -0.15) is 55.3 Å². The molecule has 12 aromatic rings. The Morgan fingerprint density at radius 3 is 0.875 bits per heavy atom. The number of hydrogen-bond acceptors (Lipinski definition) is 36. The molecular formula is C94H84N4NiO22S23-4. The summed E-state index contributed by atoms with van der Waals surface area (Å²) in [6.07, 6.45) is 10.0. The number of rotatable bonds is 15. The first-order valence-corrected chi connectivity index (χ1v) is 61.4. The fraction of sp³-hybridized carbons (Fsp3) is 0.191. The standard InChI is InChI=1S/C15H10O4S3.C15H10OS2.C14H20N4.C14H12O6S4.C14H12S2.C14H10.C8H14O2S4.Ni.3O3S.S5/c16-15-20-13(10-4-2-1-3-5-10)14(21-15)11-6-8-12(9-7-11)22(17,18)19;16-15-17-13(11-7-3-1-4-8-11)14(18-15)12-9-5-2-6-10-12;1-16-14(10-6-3-7-11-14)18-17-13(12-15)8-4-2-5-9-13;15-23(16,17)11-5-1-9(2-6-11)13(21)14(22)10-3-7-12(8-4-10)24(18,19)20;15-13(11-7-3-1-4-8-11)14(16)12-9-5-2-6-10-12;1-3-7-13(8-4-1)11-12-14-9-5-2-6-10-14;1-5(2)9-7(11)13-14-8(12)10-6(3)4;;3*1-4(2)3;1-3-5-4-2/h1-9H,(H,17,18,19);1-10H;2-11H2;1-8,21-22H,(H,15,16,17)(H,18,19,20);1-10,15-16H;1-10H;5-6H,1-4H3;;;;;/p-4. The third kappa shape index (κ3) is 51.6. The van der Waals surface area contributed by atoms with Gasteiger partial charge in [0.25, 0.3) is 38.5 Å². The summed E-state index contributed by atoms with van der Waals surface area (Å²) in [6.45, 7) is 15.1. The first-order valence-electron chi connectivity index (χ1n) is 40.9. The summed E-state index contributed by atoms with van der Waals surface area (Å²) in [5, 5.41) is 18.0. The quantitative estimate of drug-likeness (QED) is 0.00987. The van der Waals surface area contributed by atoms with E-state index in [-0.39, 0.29) is 61.3 Å². The predicted octanol–water partition coefficient (Wildman–Crippen LogP) is 22.1. The van der Waals surface area contributed by atoms with Crippen LogP contribution in [0.15, 0.2) is 320 Å². The van der Waals surface area contributed by atoms with Gasteiger partial charge in [-0.3, -0.25) is 28.1 Å². The Kier molecular flexibility index (Phi) is 62.2. The number of hydrogen-bond donors (Lipinski definition) is 3. The molecule has 144 heavy (non-hydrogen) atoms. The van der Waals surface area contributed by atoms with Gasteiger partial charge in [-0.25, -0.2) is 6.57 Å². The van der Waals surface area contributed by atoms with Gasteiger partial charge < -0.3 is 60.0 Å². The molecule has 2 aliphatic rings. The molecule has 0 saturated heterocycles. The van der Waals surface area contributed by atoms with E-state index in [1.54, 1.807) is 12.1 Å². The van der Waals surface area contributed by atoms with Gasteiger partial charge in [-0.1, -0.05) is 294 Å². The molecule has 0 bridgehead atoms. The molecule has 0 radical (unpaired) electrons. The number of thiocarbonyl (C=S) groups is 2. The molecule has 2 aromatic heterocycles. The van der Waals surface area contributed by atoms with E-state index in [2.05, 4.69) is 55.4 Å². The Balaban J connectivity index is 0.000000422. The van der Waals surface area contributed by atoms with Crippen LogP contribution < -0.4 is 8.11 Å². The normalized spacial score (nSPS) is 12.5.